The summed E-state index contributed by atoms with van der Waals surface area (Å²) >= 11 is 1.39. The van der Waals surface area contributed by atoms with Gasteiger partial charge in [-0.1, -0.05) is 63.3 Å². The van der Waals surface area contributed by atoms with Gasteiger partial charge in [0.15, 0.2) is 0 Å². The van der Waals surface area contributed by atoms with E-state index >= 15 is 0 Å². The summed E-state index contributed by atoms with van der Waals surface area (Å²) in [4.78, 5) is 53.7. The Hall–Kier alpha value is -3.21. The van der Waals surface area contributed by atoms with Crippen molar-refractivity contribution in [2.75, 3.05) is 13.2 Å². The number of para-hydroxylation sites is 1. The fourth-order valence-corrected chi connectivity index (χ4v) is 6.05. The molecule has 0 aromatic heterocycles. The molecular formula is C33H50N4O6S. The molecule has 0 radical (unpaired) electrons. The van der Waals surface area contributed by atoms with Crippen molar-refractivity contribution in [3.63, 3.8) is 0 Å². The minimum Gasteiger partial charge on any atom is -0.508 e. The molecule has 0 spiro atoms. The highest BCUT2D eigenvalue weighted by Gasteiger charge is 2.39. The van der Waals surface area contributed by atoms with Gasteiger partial charge in [0.25, 0.3) is 5.91 Å². The van der Waals surface area contributed by atoms with Gasteiger partial charge in [0.1, 0.15) is 23.9 Å². The van der Waals surface area contributed by atoms with E-state index in [0.717, 1.165) is 69.8 Å². The minimum absolute atomic E-state index is 0.264. The van der Waals surface area contributed by atoms with Gasteiger partial charge in [0.05, 0.1) is 6.61 Å². The lowest BCUT2D eigenvalue weighted by Crippen LogP contribution is -2.56. The number of nitrogens with zero attached hydrogens (tertiary/aromatic N) is 1. The van der Waals surface area contributed by atoms with Crippen LogP contribution in [0.4, 0.5) is 4.79 Å². The summed E-state index contributed by atoms with van der Waals surface area (Å²) < 4.78 is 8.22. The monoisotopic (exact) mass is 630 g/mol. The zero-order valence-electron chi connectivity index (χ0n) is 26.1. The van der Waals surface area contributed by atoms with Gasteiger partial charge in [0, 0.05) is 11.8 Å². The standard InChI is InChI=1S/C33H50N4O6S/c1-3-5-17-27(35-33(42)43-23-12-8-6-7-9-15-24-16-10-11-19-29(24)38)32(41)37-22-13-18-28(37)31(40)34-26(14-4-2)30(39)36-44-25-20-21-25/h4,10-11,16,19,25-28,38H,2-3,5-9,12-15,17-18,20-23H2,1H3,(H,34,40)(H,35,42)(H,36,39)/t26?,27-,28?/m0/s1. The Labute approximate surface area is 266 Å². The number of aryl methyl sites for hydroxylation is 1. The van der Waals surface area contributed by atoms with Gasteiger partial charge >= 0.3 is 6.09 Å². The number of hydrogen-bond donors (Lipinski definition) is 4. The molecule has 1 aromatic carbocycles. The van der Waals surface area contributed by atoms with E-state index in [-0.39, 0.29) is 30.7 Å². The normalized spacial score (nSPS) is 17.4. The molecule has 3 atom stereocenters. The molecule has 1 saturated carbocycles. The molecule has 10 nitrogen and oxygen atoms in total. The molecule has 11 heteroatoms. The second-order valence-electron chi connectivity index (χ2n) is 11.7. The van der Waals surface area contributed by atoms with Crippen LogP contribution in [0.5, 0.6) is 5.75 Å². The number of likely N-dealkylation sites (tertiary alicyclic amines) is 1. The molecule has 1 saturated heterocycles. The second kappa shape index (κ2) is 19.2. The van der Waals surface area contributed by atoms with Crippen LogP contribution >= 0.6 is 11.9 Å². The van der Waals surface area contributed by atoms with E-state index < -0.39 is 24.2 Å². The van der Waals surface area contributed by atoms with Crippen molar-refractivity contribution < 1.29 is 29.0 Å². The Bertz CT molecular complexity index is 1100. The smallest absolute Gasteiger partial charge is 0.407 e. The van der Waals surface area contributed by atoms with Crippen molar-refractivity contribution in [3.8, 4) is 5.75 Å². The highest BCUT2D eigenvalue weighted by Crippen LogP contribution is 2.32. The Morgan fingerprint density at radius 2 is 1.80 bits per heavy atom. The lowest BCUT2D eigenvalue weighted by molar-refractivity contribution is -0.140. The van der Waals surface area contributed by atoms with E-state index in [1.807, 2.05) is 25.1 Å². The van der Waals surface area contributed by atoms with E-state index in [1.54, 1.807) is 12.1 Å². The first-order valence-corrected chi connectivity index (χ1v) is 17.1. The number of nitrogens with one attached hydrogen (secondary N) is 3. The predicted molar refractivity (Wildman–Crippen MR) is 173 cm³/mol. The van der Waals surface area contributed by atoms with Crippen LogP contribution in [-0.2, 0) is 25.5 Å². The third kappa shape index (κ3) is 12.1. The van der Waals surface area contributed by atoms with E-state index in [0.29, 0.717) is 36.8 Å². The highest BCUT2D eigenvalue weighted by atomic mass is 32.2. The number of phenolic OH excluding ortho intramolecular Hbond substituents is 1. The number of phenols is 1. The lowest BCUT2D eigenvalue weighted by atomic mass is 10.0. The molecule has 44 heavy (non-hydrogen) atoms. The quantitative estimate of drug-likeness (QED) is 0.0889. The minimum atomic E-state index is -0.785. The Morgan fingerprint density at radius 1 is 1.05 bits per heavy atom. The summed E-state index contributed by atoms with van der Waals surface area (Å²) in [5, 5.41) is 15.9. The van der Waals surface area contributed by atoms with Crippen LogP contribution in [0.1, 0.15) is 96.0 Å². The molecule has 2 fully saturated rings. The highest BCUT2D eigenvalue weighted by molar-refractivity contribution is 7.98. The van der Waals surface area contributed by atoms with Crippen LogP contribution < -0.4 is 15.4 Å². The fraction of sp³-hybridized carbons (Fsp3) is 0.636. The van der Waals surface area contributed by atoms with Gasteiger partial charge < -0.3 is 25.4 Å². The van der Waals surface area contributed by atoms with Gasteiger partial charge in [-0.05, 0) is 81.4 Å². The van der Waals surface area contributed by atoms with Crippen LogP contribution in [-0.4, -0.2) is 70.3 Å². The topological polar surface area (TPSA) is 137 Å². The van der Waals surface area contributed by atoms with E-state index in [1.165, 1.54) is 16.8 Å². The molecule has 1 aromatic rings. The first-order chi connectivity index (χ1) is 21.3. The fourth-order valence-electron chi connectivity index (χ4n) is 5.25. The molecule has 2 aliphatic rings. The van der Waals surface area contributed by atoms with Crippen LogP contribution in [0.25, 0.3) is 0 Å². The van der Waals surface area contributed by atoms with Crippen LogP contribution in [0.3, 0.4) is 0 Å². The number of ether oxygens (including phenoxy) is 1. The van der Waals surface area contributed by atoms with Gasteiger partial charge in [0.2, 0.25) is 11.8 Å². The van der Waals surface area contributed by atoms with Gasteiger partial charge in [-0.2, -0.15) is 0 Å². The average Bonchev–Trinajstić information content (AvgIpc) is 3.72. The lowest BCUT2D eigenvalue weighted by Gasteiger charge is -2.29. The van der Waals surface area contributed by atoms with Crippen LogP contribution in [0, 0.1) is 0 Å². The molecule has 244 valence electrons. The number of aromatic hydroxyl groups is 1. The summed E-state index contributed by atoms with van der Waals surface area (Å²) in [7, 11) is 0. The van der Waals surface area contributed by atoms with Crippen molar-refractivity contribution >= 4 is 35.8 Å². The zero-order chi connectivity index (χ0) is 31.7. The first-order valence-electron chi connectivity index (χ1n) is 16.2. The van der Waals surface area contributed by atoms with Crippen molar-refractivity contribution in [2.24, 2.45) is 0 Å². The number of alkyl carbamates (subject to hydrolysis) is 1. The molecule has 4 N–H and O–H groups in total. The number of hydrogen-bond acceptors (Lipinski definition) is 7. The summed E-state index contributed by atoms with van der Waals surface area (Å²) in [6.45, 7) is 6.40. The summed E-state index contributed by atoms with van der Waals surface area (Å²) in [5.74, 6) is -0.604. The first kappa shape index (κ1) is 35.3. The van der Waals surface area contributed by atoms with Crippen LogP contribution in [0.2, 0.25) is 0 Å². The van der Waals surface area contributed by atoms with Gasteiger partial charge in [-0.25, -0.2) is 4.79 Å². The average molecular weight is 631 g/mol. The summed E-state index contributed by atoms with van der Waals surface area (Å²) in [6.07, 6.45) is 12.1. The maximum atomic E-state index is 13.6. The van der Waals surface area contributed by atoms with E-state index in [9.17, 15) is 24.3 Å². The van der Waals surface area contributed by atoms with Gasteiger partial charge in [-0.3, -0.25) is 19.1 Å². The molecule has 4 amide bonds. The van der Waals surface area contributed by atoms with E-state index in [2.05, 4.69) is 21.9 Å². The van der Waals surface area contributed by atoms with Crippen molar-refractivity contribution in [2.45, 2.75) is 120 Å². The SMILES string of the molecule is C=CCC(NC(=O)C1CCCN1C(=O)[C@H](CCCC)NC(=O)OCCCCCCCc1ccccc1O)C(=O)NSC1CC1. The third-order valence-corrected chi connectivity index (χ3v) is 9.10. The number of unbranched alkanes of at least 4 members (excludes halogenated alkanes) is 5. The summed E-state index contributed by atoms with van der Waals surface area (Å²) in [5.41, 5.74) is 0.961. The largest absolute Gasteiger partial charge is 0.508 e. The maximum absolute atomic E-state index is 13.6. The van der Waals surface area contributed by atoms with Crippen molar-refractivity contribution in [1.29, 1.82) is 0 Å². The molecular weight excluding hydrogens is 580 g/mol. The molecule has 3 rings (SSSR count). The molecule has 1 heterocycles. The Morgan fingerprint density at radius 3 is 2.52 bits per heavy atom. The number of rotatable bonds is 20. The third-order valence-electron chi connectivity index (χ3n) is 7.98. The molecule has 1 aliphatic heterocycles. The maximum Gasteiger partial charge on any atom is 0.407 e. The second-order valence-corrected chi connectivity index (χ2v) is 12.8. The van der Waals surface area contributed by atoms with Crippen molar-refractivity contribution in [1.82, 2.24) is 20.3 Å². The summed E-state index contributed by atoms with van der Waals surface area (Å²) in [6, 6.07) is 5.14. The van der Waals surface area contributed by atoms with Crippen molar-refractivity contribution in [3.05, 3.63) is 42.5 Å². The Balaban J connectivity index is 1.42. The number of benzene rings is 1. The molecule has 1 aliphatic carbocycles. The van der Waals surface area contributed by atoms with E-state index in [4.69, 9.17) is 4.74 Å². The number of carbonyl (C=O) groups is 4. The predicted octanol–water partition coefficient (Wildman–Crippen LogP) is 5.15. The number of carbonyl (C=O) groups excluding carboxylic acids is 4. The number of amides is 4. The molecule has 0 bridgehead atoms. The van der Waals surface area contributed by atoms with Crippen LogP contribution in [0.15, 0.2) is 36.9 Å². The Kier molecular flexibility index (Phi) is 15.4. The zero-order valence-corrected chi connectivity index (χ0v) is 26.9. The molecule has 2 unspecified atom stereocenters. The van der Waals surface area contributed by atoms with Gasteiger partial charge in [-0.15, -0.1) is 6.58 Å².